The molecule has 7 atom stereocenters. The SMILES string of the molecule is C[C@H](c1cccc(C#N)c1)N1C(=O)[C@@H]2C[C@H]1CN2C[C@H](N)C(=O)N1C2C[C@H]2C[C@H]1C#N. The van der Waals surface area contributed by atoms with Crippen LogP contribution in [-0.2, 0) is 9.59 Å². The van der Waals surface area contributed by atoms with Gasteiger partial charge in [-0.25, -0.2) is 0 Å². The second-order valence-corrected chi connectivity index (χ2v) is 9.31. The maximum absolute atomic E-state index is 13.2. The number of amides is 2. The van der Waals surface area contributed by atoms with Crippen LogP contribution in [0.3, 0.4) is 0 Å². The van der Waals surface area contributed by atoms with Gasteiger partial charge in [-0.1, -0.05) is 12.1 Å². The number of hydrogen-bond donors (Lipinski definition) is 1. The van der Waals surface area contributed by atoms with E-state index in [-0.39, 0.29) is 42.0 Å². The highest BCUT2D eigenvalue weighted by molar-refractivity contribution is 5.87. The predicted octanol–water partition coefficient (Wildman–Crippen LogP) is 0.745. The van der Waals surface area contributed by atoms with Crippen LogP contribution >= 0.6 is 0 Å². The molecule has 1 saturated carbocycles. The number of nitrogens with two attached hydrogens (primary N) is 1. The average molecular weight is 419 g/mol. The maximum atomic E-state index is 13.2. The maximum Gasteiger partial charge on any atom is 0.242 e. The van der Waals surface area contributed by atoms with E-state index in [4.69, 9.17) is 11.0 Å². The second kappa shape index (κ2) is 7.33. The predicted molar refractivity (Wildman–Crippen MR) is 111 cm³/mol. The summed E-state index contributed by atoms with van der Waals surface area (Å²) in [5.74, 6) is 0.356. The first-order chi connectivity index (χ1) is 14.9. The second-order valence-electron chi connectivity index (χ2n) is 9.31. The molecule has 0 spiro atoms. The third-order valence-corrected chi connectivity index (χ3v) is 7.49. The van der Waals surface area contributed by atoms with Gasteiger partial charge in [-0.3, -0.25) is 14.5 Å². The standard InChI is InChI=1S/C23H26N6O2/c1-13(15-4-2-3-14(5-15)9-24)28-18-8-21(23(28)31)27(11-18)12-19(26)22(30)29-17(10-25)6-16-7-20(16)29/h2-5,13,16-21H,6-8,11-12,26H2,1H3/t13-,16-,17+,18+,19+,20?,21+/m1/s1. The van der Waals surface area contributed by atoms with Gasteiger partial charge >= 0.3 is 0 Å². The molecule has 5 rings (SSSR count). The zero-order valence-corrected chi connectivity index (χ0v) is 17.5. The molecule has 3 aliphatic heterocycles. The normalized spacial score (nSPS) is 33.0. The highest BCUT2D eigenvalue weighted by Gasteiger charge is 2.56. The summed E-state index contributed by atoms with van der Waals surface area (Å²) in [5, 5.41) is 18.5. The fraction of sp³-hybridized carbons (Fsp3) is 0.565. The van der Waals surface area contributed by atoms with E-state index in [1.54, 1.807) is 11.0 Å². The summed E-state index contributed by atoms with van der Waals surface area (Å²) >= 11 is 0. The number of likely N-dealkylation sites (tertiary alicyclic amines) is 3. The minimum absolute atomic E-state index is 0.0593. The van der Waals surface area contributed by atoms with Crippen LogP contribution in [0, 0.1) is 28.6 Å². The zero-order chi connectivity index (χ0) is 21.9. The van der Waals surface area contributed by atoms with E-state index in [0.29, 0.717) is 24.6 Å². The fourth-order valence-electron chi connectivity index (χ4n) is 5.84. The van der Waals surface area contributed by atoms with Gasteiger partial charge in [0, 0.05) is 25.2 Å². The molecule has 31 heavy (non-hydrogen) atoms. The van der Waals surface area contributed by atoms with Crippen LogP contribution in [-0.4, -0.2) is 69.8 Å². The number of nitrogens with zero attached hydrogens (tertiary/aromatic N) is 5. The third-order valence-electron chi connectivity index (χ3n) is 7.49. The lowest BCUT2D eigenvalue weighted by molar-refractivity contribution is -0.141. The van der Waals surface area contributed by atoms with Gasteiger partial charge in [0.15, 0.2) is 0 Å². The smallest absolute Gasteiger partial charge is 0.242 e. The van der Waals surface area contributed by atoms with Crippen LogP contribution < -0.4 is 5.73 Å². The van der Waals surface area contributed by atoms with Gasteiger partial charge in [0.25, 0.3) is 0 Å². The monoisotopic (exact) mass is 418 g/mol. The molecule has 3 saturated heterocycles. The van der Waals surface area contributed by atoms with Crippen molar-refractivity contribution >= 4 is 11.8 Å². The van der Waals surface area contributed by atoms with E-state index in [9.17, 15) is 14.9 Å². The molecule has 0 aromatic heterocycles. The summed E-state index contributed by atoms with van der Waals surface area (Å²) in [5.41, 5.74) is 7.81. The third kappa shape index (κ3) is 3.18. The Morgan fingerprint density at radius 1 is 1.29 bits per heavy atom. The van der Waals surface area contributed by atoms with Crippen LogP contribution in [0.1, 0.15) is 43.4 Å². The van der Waals surface area contributed by atoms with Crippen molar-refractivity contribution in [3.05, 3.63) is 35.4 Å². The van der Waals surface area contributed by atoms with Gasteiger partial charge in [-0.15, -0.1) is 0 Å². The van der Waals surface area contributed by atoms with Gasteiger partial charge in [0.2, 0.25) is 11.8 Å². The summed E-state index contributed by atoms with van der Waals surface area (Å²) in [4.78, 5) is 31.8. The van der Waals surface area contributed by atoms with Crippen LogP contribution in [0.2, 0.25) is 0 Å². The lowest BCUT2D eigenvalue weighted by Gasteiger charge is -2.38. The van der Waals surface area contributed by atoms with E-state index in [0.717, 1.165) is 24.8 Å². The van der Waals surface area contributed by atoms with Crippen LogP contribution in [0.15, 0.2) is 24.3 Å². The quantitative estimate of drug-likeness (QED) is 0.754. The number of piperazine rings is 1. The van der Waals surface area contributed by atoms with Crippen molar-refractivity contribution in [1.82, 2.24) is 14.7 Å². The largest absolute Gasteiger partial charge is 0.330 e. The van der Waals surface area contributed by atoms with Crippen molar-refractivity contribution in [2.45, 2.75) is 62.4 Å². The van der Waals surface area contributed by atoms with Crippen molar-refractivity contribution in [1.29, 1.82) is 10.5 Å². The zero-order valence-electron chi connectivity index (χ0n) is 17.5. The molecule has 2 bridgehead atoms. The number of hydrogen-bond acceptors (Lipinski definition) is 6. The average Bonchev–Trinajstić information content (AvgIpc) is 3.11. The Balaban J connectivity index is 1.24. The first-order valence-electron chi connectivity index (χ1n) is 11.0. The molecule has 8 nitrogen and oxygen atoms in total. The number of carbonyl (C=O) groups is 2. The van der Waals surface area contributed by atoms with Crippen molar-refractivity contribution in [3.8, 4) is 12.1 Å². The highest BCUT2D eigenvalue weighted by atomic mass is 16.2. The molecule has 1 aromatic carbocycles. The van der Waals surface area contributed by atoms with Gasteiger partial charge in [0.1, 0.15) is 6.04 Å². The molecule has 1 aromatic rings. The number of benzene rings is 1. The Labute approximate surface area is 181 Å². The molecular weight excluding hydrogens is 392 g/mol. The van der Waals surface area contributed by atoms with Crippen LogP contribution in [0.25, 0.3) is 0 Å². The summed E-state index contributed by atoms with van der Waals surface area (Å²) in [6.07, 6.45) is 2.47. The van der Waals surface area contributed by atoms with E-state index in [1.807, 2.05) is 34.9 Å². The summed E-state index contributed by atoms with van der Waals surface area (Å²) in [6.45, 7) is 3.02. The van der Waals surface area contributed by atoms with Gasteiger partial charge in [0.05, 0.1) is 35.8 Å². The molecule has 0 radical (unpaired) electrons. The number of piperidine rings is 1. The Hall–Kier alpha value is -2.94. The summed E-state index contributed by atoms with van der Waals surface area (Å²) < 4.78 is 0. The van der Waals surface area contributed by atoms with Crippen molar-refractivity contribution in [2.24, 2.45) is 11.7 Å². The van der Waals surface area contributed by atoms with E-state index >= 15 is 0 Å². The first kappa shape index (κ1) is 20.0. The number of carbonyl (C=O) groups excluding carboxylic acids is 2. The highest BCUT2D eigenvalue weighted by Crippen LogP contribution is 2.48. The lowest BCUT2D eigenvalue weighted by atomic mass is 10.0. The lowest BCUT2D eigenvalue weighted by Crippen LogP contribution is -2.57. The summed E-state index contributed by atoms with van der Waals surface area (Å²) in [7, 11) is 0. The summed E-state index contributed by atoms with van der Waals surface area (Å²) in [6, 6.07) is 10.6. The molecule has 4 aliphatic rings. The van der Waals surface area contributed by atoms with E-state index in [2.05, 4.69) is 12.1 Å². The molecule has 8 heteroatoms. The van der Waals surface area contributed by atoms with Crippen LogP contribution in [0.4, 0.5) is 0 Å². The molecular formula is C23H26N6O2. The Bertz CT molecular complexity index is 1010. The van der Waals surface area contributed by atoms with E-state index < -0.39 is 6.04 Å². The van der Waals surface area contributed by atoms with Crippen LogP contribution in [0.5, 0.6) is 0 Å². The first-order valence-corrected chi connectivity index (χ1v) is 11.0. The molecule has 2 N–H and O–H groups in total. The fourth-order valence-corrected chi connectivity index (χ4v) is 5.84. The molecule has 2 amide bonds. The molecule has 1 aliphatic carbocycles. The Kier molecular flexibility index (Phi) is 4.73. The van der Waals surface area contributed by atoms with Gasteiger partial charge < -0.3 is 15.5 Å². The van der Waals surface area contributed by atoms with Gasteiger partial charge in [-0.2, -0.15) is 10.5 Å². The molecule has 4 fully saturated rings. The Morgan fingerprint density at radius 3 is 2.81 bits per heavy atom. The van der Waals surface area contributed by atoms with Gasteiger partial charge in [-0.05, 0) is 49.8 Å². The van der Waals surface area contributed by atoms with Crippen molar-refractivity contribution in [3.63, 3.8) is 0 Å². The molecule has 1 unspecified atom stereocenters. The Morgan fingerprint density at radius 2 is 2.10 bits per heavy atom. The number of rotatable bonds is 5. The van der Waals surface area contributed by atoms with Crippen molar-refractivity contribution in [2.75, 3.05) is 13.1 Å². The van der Waals surface area contributed by atoms with Crippen molar-refractivity contribution < 1.29 is 9.59 Å². The minimum Gasteiger partial charge on any atom is -0.330 e. The molecule has 160 valence electrons. The minimum atomic E-state index is -0.722. The number of fused-ring (bicyclic) bond motifs is 3. The molecule has 3 heterocycles. The topological polar surface area (TPSA) is 117 Å². The number of nitriles is 2. The van der Waals surface area contributed by atoms with E-state index in [1.165, 1.54) is 0 Å².